The highest BCUT2D eigenvalue weighted by Gasteiger charge is 2.65. The van der Waals surface area contributed by atoms with Crippen molar-refractivity contribution in [2.24, 2.45) is 0 Å². The third-order valence-electron chi connectivity index (χ3n) is 2.31. The number of hydrogen-bond donors (Lipinski definition) is 2. The lowest BCUT2D eigenvalue weighted by Gasteiger charge is -2.26. The quantitative estimate of drug-likeness (QED) is 0.826. The number of nitrogens with zero attached hydrogens (tertiary/aromatic N) is 4. The highest BCUT2D eigenvalue weighted by molar-refractivity contribution is 7.75. The van der Waals surface area contributed by atoms with Crippen LogP contribution in [0.15, 0.2) is 37.4 Å². The molecule has 0 saturated carbocycles. The van der Waals surface area contributed by atoms with Crippen LogP contribution in [-0.2, 0) is 9.13 Å². The van der Waals surface area contributed by atoms with Crippen molar-refractivity contribution in [2.45, 2.75) is 5.40 Å². The molecule has 2 unspecified atom stereocenters. The highest BCUT2D eigenvalue weighted by atomic mass is 31.2. The predicted molar refractivity (Wildman–Crippen MR) is 59.8 cm³/mol. The lowest BCUT2D eigenvalue weighted by Crippen LogP contribution is -2.23. The van der Waals surface area contributed by atoms with Gasteiger partial charge in [0, 0.05) is 24.8 Å². The average molecular weight is 312 g/mol. The number of halogens is 2. The van der Waals surface area contributed by atoms with Gasteiger partial charge in [0.2, 0.25) is 0 Å². The van der Waals surface area contributed by atoms with E-state index < -0.39 is 20.4 Å². The molecule has 0 bridgehead atoms. The lowest BCUT2D eigenvalue weighted by molar-refractivity contribution is 0.140. The van der Waals surface area contributed by atoms with Crippen molar-refractivity contribution in [3.05, 3.63) is 37.4 Å². The van der Waals surface area contributed by atoms with Crippen LogP contribution in [0.4, 0.5) is 8.78 Å². The van der Waals surface area contributed by atoms with E-state index in [2.05, 4.69) is 9.97 Å². The summed E-state index contributed by atoms with van der Waals surface area (Å²) in [6, 6.07) is 0. The van der Waals surface area contributed by atoms with E-state index in [1.54, 1.807) is 0 Å². The normalized spacial score (nSPS) is 18.7. The smallest absolute Gasteiger partial charge is 0.324 e. The summed E-state index contributed by atoms with van der Waals surface area (Å²) in [5, 5.41) is -4.79. The SMILES string of the molecule is O=P(O)(n1ccnc1)C(F)(F)P(=O)(O)n1ccnc1. The largest absolute Gasteiger partial charge is 0.431 e. The van der Waals surface area contributed by atoms with Gasteiger partial charge in [-0.3, -0.25) is 17.8 Å². The van der Waals surface area contributed by atoms with Crippen LogP contribution in [0.5, 0.6) is 0 Å². The number of aromatic nitrogens is 4. The van der Waals surface area contributed by atoms with Gasteiger partial charge in [-0.1, -0.05) is 0 Å². The van der Waals surface area contributed by atoms with E-state index in [-0.39, 0.29) is 8.68 Å². The lowest BCUT2D eigenvalue weighted by atomic mass is 11.0. The number of alkyl halides is 2. The fraction of sp³-hybridized carbons (Fsp3) is 0.143. The first kappa shape index (κ1) is 14.1. The molecule has 0 spiro atoms. The molecule has 0 amide bonds. The number of rotatable bonds is 4. The van der Waals surface area contributed by atoms with Crippen LogP contribution in [0.1, 0.15) is 0 Å². The van der Waals surface area contributed by atoms with E-state index >= 15 is 0 Å². The Morgan fingerprint density at radius 2 is 1.32 bits per heavy atom. The van der Waals surface area contributed by atoms with Crippen LogP contribution in [-0.4, -0.2) is 33.8 Å². The Labute approximate surface area is 105 Å². The Hall–Kier alpha value is -1.34. The first-order valence-electron chi connectivity index (χ1n) is 4.72. The van der Waals surface area contributed by atoms with E-state index in [4.69, 9.17) is 0 Å². The van der Waals surface area contributed by atoms with Gasteiger partial charge in [-0.15, -0.1) is 0 Å². The van der Waals surface area contributed by atoms with Crippen LogP contribution in [0, 0.1) is 0 Å². The van der Waals surface area contributed by atoms with Crippen molar-refractivity contribution in [2.75, 3.05) is 0 Å². The molecular weight excluding hydrogens is 304 g/mol. The summed E-state index contributed by atoms with van der Waals surface area (Å²) in [7, 11) is -11.0. The summed E-state index contributed by atoms with van der Waals surface area (Å²) in [6.45, 7) is 0. The Morgan fingerprint density at radius 1 is 0.947 bits per heavy atom. The van der Waals surface area contributed by atoms with Crippen LogP contribution < -0.4 is 0 Å². The molecule has 2 rings (SSSR count). The van der Waals surface area contributed by atoms with Gasteiger partial charge in [0.1, 0.15) is 12.7 Å². The second-order valence-electron chi connectivity index (χ2n) is 3.48. The van der Waals surface area contributed by atoms with E-state index in [9.17, 15) is 27.7 Å². The maximum Gasteiger partial charge on any atom is 0.431 e. The molecule has 2 N–H and O–H groups in total. The Balaban J connectivity index is 2.54. The van der Waals surface area contributed by atoms with Crippen molar-refractivity contribution in [3.8, 4) is 0 Å². The van der Waals surface area contributed by atoms with E-state index in [0.717, 1.165) is 24.8 Å². The molecule has 2 heterocycles. The molecule has 0 aliphatic heterocycles. The molecule has 19 heavy (non-hydrogen) atoms. The first-order chi connectivity index (χ1) is 8.71. The molecule has 12 heteroatoms. The summed E-state index contributed by atoms with van der Waals surface area (Å²) < 4.78 is 52.0. The molecule has 104 valence electrons. The molecule has 0 aliphatic rings. The minimum atomic E-state index is -5.50. The van der Waals surface area contributed by atoms with Gasteiger partial charge in [0.15, 0.2) is 0 Å². The summed E-state index contributed by atoms with van der Waals surface area (Å²) >= 11 is 0. The molecule has 0 radical (unpaired) electrons. The summed E-state index contributed by atoms with van der Waals surface area (Å²) in [5.41, 5.74) is 0. The second-order valence-corrected chi connectivity index (χ2v) is 8.06. The number of imidazole rings is 2. The second kappa shape index (κ2) is 4.35. The Bertz CT molecular complexity index is 600. The molecule has 2 atom stereocenters. The van der Waals surface area contributed by atoms with Gasteiger partial charge in [0.25, 0.3) is 0 Å². The van der Waals surface area contributed by atoms with E-state index in [1.165, 1.54) is 0 Å². The standard InChI is InChI=1S/C7H8F2N4O4P2/c8-7(9,18(14,15)12-3-1-10-5-12)19(16,17)13-4-2-11-6-13/h1-6H,(H,14,15)(H,16,17). The van der Waals surface area contributed by atoms with Crippen LogP contribution in [0.3, 0.4) is 0 Å². The zero-order valence-corrected chi connectivity index (χ0v) is 10.9. The van der Waals surface area contributed by atoms with Gasteiger partial charge in [-0.05, 0) is 0 Å². The predicted octanol–water partition coefficient (Wildman–Crippen LogP) is 1.40. The van der Waals surface area contributed by atoms with Gasteiger partial charge < -0.3 is 9.79 Å². The number of hydrogen-bond acceptors (Lipinski definition) is 4. The summed E-state index contributed by atoms with van der Waals surface area (Å²) in [4.78, 5) is 25.7. The van der Waals surface area contributed by atoms with Crippen molar-refractivity contribution >= 4 is 15.0 Å². The van der Waals surface area contributed by atoms with Crippen LogP contribution in [0.2, 0.25) is 0 Å². The average Bonchev–Trinajstić information content (AvgIpc) is 3.02. The molecular formula is C7H8F2N4O4P2. The van der Waals surface area contributed by atoms with Crippen molar-refractivity contribution < 1.29 is 27.7 Å². The zero-order chi connectivity index (χ0) is 14.3. The molecule has 2 aromatic rings. The van der Waals surface area contributed by atoms with Gasteiger partial charge >= 0.3 is 20.4 Å². The highest BCUT2D eigenvalue weighted by Crippen LogP contribution is 2.74. The van der Waals surface area contributed by atoms with Crippen molar-refractivity contribution in [3.63, 3.8) is 0 Å². The monoisotopic (exact) mass is 312 g/mol. The summed E-state index contributed by atoms with van der Waals surface area (Å²) in [6.07, 6.45) is 4.95. The molecule has 0 fully saturated rings. The molecule has 2 aromatic heterocycles. The fourth-order valence-corrected chi connectivity index (χ4v) is 4.69. The minimum absolute atomic E-state index is 0.215. The van der Waals surface area contributed by atoms with Crippen molar-refractivity contribution in [1.82, 2.24) is 18.6 Å². The van der Waals surface area contributed by atoms with E-state index in [0.29, 0.717) is 12.7 Å². The minimum Gasteiger partial charge on any atom is -0.324 e. The van der Waals surface area contributed by atoms with Crippen LogP contribution >= 0.6 is 15.0 Å². The first-order valence-corrected chi connectivity index (χ1v) is 7.95. The Morgan fingerprint density at radius 3 is 1.58 bits per heavy atom. The van der Waals surface area contributed by atoms with Crippen molar-refractivity contribution in [1.29, 1.82) is 0 Å². The van der Waals surface area contributed by atoms with Gasteiger partial charge in [-0.25, -0.2) is 9.97 Å². The fourth-order valence-electron chi connectivity index (χ4n) is 1.27. The molecule has 0 aliphatic carbocycles. The van der Waals surface area contributed by atoms with Gasteiger partial charge in [0.05, 0.1) is 0 Å². The van der Waals surface area contributed by atoms with Crippen LogP contribution in [0.25, 0.3) is 0 Å². The third kappa shape index (κ3) is 1.97. The third-order valence-corrected chi connectivity index (χ3v) is 7.00. The molecule has 8 nitrogen and oxygen atoms in total. The van der Waals surface area contributed by atoms with Gasteiger partial charge in [-0.2, -0.15) is 8.78 Å². The zero-order valence-electron chi connectivity index (χ0n) is 9.11. The topological polar surface area (TPSA) is 110 Å². The maximum atomic E-state index is 14.0. The molecule has 0 saturated heterocycles. The molecule has 0 aromatic carbocycles. The Kier molecular flexibility index (Phi) is 3.22. The summed E-state index contributed by atoms with van der Waals surface area (Å²) in [5.74, 6) is 0. The maximum absolute atomic E-state index is 14.0. The van der Waals surface area contributed by atoms with E-state index in [1.807, 2.05) is 0 Å².